The molecule has 0 aliphatic carbocycles. The normalized spacial score (nSPS) is 23.2. The Balaban J connectivity index is 2.46. The number of hydrogen-bond donors (Lipinski definition) is 0. The van der Waals surface area contributed by atoms with E-state index in [1.165, 1.54) is 19.3 Å². The first-order valence-corrected chi connectivity index (χ1v) is 7.53. The lowest BCUT2D eigenvalue weighted by atomic mass is 9.96. The van der Waals surface area contributed by atoms with E-state index in [4.69, 9.17) is 0 Å². The molecular weight excluding hydrogens is 266 g/mol. The van der Waals surface area contributed by atoms with Crippen LogP contribution in [0.5, 0.6) is 0 Å². The van der Waals surface area contributed by atoms with Crippen molar-refractivity contribution in [3.8, 4) is 0 Å². The van der Waals surface area contributed by atoms with E-state index in [0.29, 0.717) is 10.7 Å². The SMILES string of the molecule is CCCCC(CC)C(=O)N1CCCC(Br)C1. The highest BCUT2D eigenvalue weighted by atomic mass is 79.9. The van der Waals surface area contributed by atoms with Crippen LogP contribution in [0.15, 0.2) is 0 Å². The highest BCUT2D eigenvalue weighted by molar-refractivity contribution is 9.09. The molecule has 0 saturated carbocycles. The summed E-state index contributed by atoms with van der Waals surface area (Å²) >= 11 is 3.63. The van der Waals surface area contributed by atoms with Gasteiger partial charge in [0.25, 0.3) is 0 Å². The summed E-state index contributed by atoms with van der Waals surface area (Å²) in [5, 5.41) is 0. The minimum absolute atomic E-state index is 0.262. The Bertz CT molecular complexity index is 220. The maximum Gasteiger partial charge on any atom is 0.225 e. The molecule has 1 aliphatic rings. The molecule has 0 spiro atoms. The number of piperidine rings is 1. The first-order valence-electron chi connectivity index (χ1n) is 6.61. The number of hydrogen-bond acceptors (Lipinski definition) is 1. The molecule has 16 heavy (non-hydrogen) atoms. The number of carbonyl (C=O) groups is 1. The van der Waals surface area contributed by atoms with E-state index in [-0.39, 0.29) is 5.92 Å². The second kappa shape index (κ2) is 7.31. The third kappa shape index (κ3) is 4.08. The van der Waals surface area contributed by atoms with E-state index >= 15 is 0 Å². The van der Waals surface area contributed by atoms with Crippen LogP contribution in [-0.2, 0) is 4.79 Å². The molecule has 0 aromatic heterocycles. The monoisotopic (exact) mass is 289 g/mol. The number of amides is 1. The molecule has 0 radical (unpaired) electrons. The Hall–Kier alpha value is -0.0500. The number of nitrogens with zero attached hydrogens (tertiary/aromatic N) is 1. The van der Waals surface area contributed by atoms with Crippen LogP contribution in [0.25, 0.3) is 0 Å². The lowest BCUT2D eigenvalue weighted by Crippen LogP contribution is -2.43. The van der Waals surface area contributed by atoms with Gasteiger partial charge in [-0.25, -0.2) is 0 Å². The lowest BCUT2D eigenvalue weighted by molar-refractivity contribution is -0.136. The van der Waals surface area contributed by atoms with E-state index in [2.05, 4.69) is 34.7 Å². The molecule has 1 saturated heterocycles. The van der Waals surface area contributed by atoms with Crippen molar-refractivity contribution in [1.29, 1.82) is 0 Å². The topological polar surface area (TPSA) is 20.3 Å². The molecule has 94 valence electrons. The number of likely N-dealkylation sites (tertiary alicyclic amines) is 1. The third-order valence-corrected chi connectivity index (χ3v) is 4.17. The second-order valence-corrected chi connectivity index (χ2v) is 6.07. The fraction of sp³-hybridized carbons (Fsp3) is 0.923. The first-order chi connectivity index (χ1) is 7.69. The summed E-state index contributed by atoms with van der Waals surface area (Å²) in [4.78, 5) is 14.9. The quantitative estimate of drug-likeness (QED) is 0.709. The molecule has 0 aromatic carbocycles. The van der Waals surface area contributed by atoms with Crippen molar-refractivity contribution in [3.63, 3.8) is 0 Å². The predicted octanol–water partition coefficient (Wildman–Crippen LogP) is 3.59. The van der Waals surface area contributed by atoms with Gasteiger partial charge in [-0.3, -0.25) is 4.79 Å². The number of carbonyl (C=O) groups excluding carboxylic acids is 1. The van der Waals surface area contributed by atoms with Gasteiger partial charge in [0.15, 0.2) is 0 Å². The third-order valence-electron chi connectivity index (χ3n) is 3.42. The molecule has 2 atom stereocenters. The molecule has 0 N–H and O–H groups in total. The summed E-state index contributed by atoms with van der Waals surface area (Å²) in [6, 6.07) is 0. The minimum Gasteiger partial charge on any atom is -0.341 e. The molecule has 1 heterocycles. The Labute approximate surface area is 108 Å². The van der Waals surface area contributed by atoms with Gasteiger partial charge in [0, 0.05) is 23.8 Å². The molecule has 2 nitrogen and oxygen atoms in total. The van der Waals surface area contributed by atoms with Crippen LogP contribution in [0.1, 0.15) is 52.4 Å². The minimum atomic E-state index is 0.262. The molecule has 1 fully saturated rings. The van der Waals surface area contributed by atoms with Crippen LogP contribution in [-0.4, -0.2) is 28.7 Å². The highest BCUT2D eigenvalue weighted by Crippen LogP contribution is 2.22. The molecule has 1 rings (SSSR count). The van der Waals surface area contributed by atoms with Crippen molar-refractivity contribution in [3.05, 3.63) is 0 Å². The van der Waals surface area contributed by atoms with Crippen molar-refractivity contribution in [2.24, 2.45) is 5.92 Å². The van der Waals surface area contributed by atoms with E-state index < -0.39 is 0 Å². The zero-order chi connectivity index (χ0) is 12.0. The Morgan fingerprint density at radius 3 is 2.81 bits per heavy atom. The summed E-state index contributed by atoms with van der Waals surface area (Å²) in [7, 11) is 0. The van der Waals surface area contributed by atoms with E-state index in [1.807, 2.05) is 0 Å². The molecule has 2 unspecified atom stereocenters. The van der Waals surface area contributed by atoms with Gasteiger partial charge in [0.2, 0.25) is 5.91 Å². The van der Waals surface area contributed by atoms with Crippen LogP contribution in [0.3, 0.4) is 0 Å². The highest BCUT2D eigenvalue weighted by Gasteiger charge is 2.26. The largest absolute Gasteiger partial charge is 0.341 e. The van der Waals surface area contributed by atoms with Gasteiger partial charge < -0.3 is 4.90 Å². The van der Waals surface area contributed by atoms with Crippen molar-refractivity contribution < 1.29 is 4.79 Å². The van der Waals surface area contributed by atoms with Crippen LogP contribution in [0.4, 0.5) is 0 Å². The number of alkyl halides is 1. The van der Waals surface area contributed by atoms with Gasteiger partial charge in [0.05, 0.1) is 0 Å². The molecule has 1 amide bonds. The number of halogens is 1. The average molecular weight is 290 g/mol. The van der Waals surface area contributed by atoms with Crippen molar-refractivity contribution in [2.45, 2.75) is 57.2 Å². The van der Waals surface area contributed by atoms with Crippen molar-refractivity contribution >= 4 is 21.8 Å². The maximum atomic E-state index is 12.3. The van der Waals surface area contributed by atoms with Gasteiger partial charge in [-0.2, -0.15) is 0 Å². The van der Waals surface area contributed by atoms with E-state index in [0.717, 1.165) is 32.4 Å². The van der Waals surface area contributed by atoms with E-state index in [9.17, 15) is 4.79 Å². The zero-order valence-corrected chi connectivity index (χ0v) is 12.1. The Kier molecular flexibility index (Phi) is 6.40. The summed E-state index contributed by atoms with van der Waals surface area (Å²) < 4.78 is 0. The summed E-state index contributed by atoms with van der Waals surface area (Å²) in [5.74, 6) is 0.651. The van der Waals surface area contributed by atoms with Gasteiger partial charge in [0.1, 0.15) is 0 Å². The molecule has 3 heteroatoms. The van der Waals surface area contributed by atoms with Crippen molar-refractivity contribution in [1.82, 2.24) is 4.90 Å². The summed E-state index contributed by atoms with van der Waals surface area (Å²) in [6.07, 6.45) is 6.76. The van der Waals surface area contributed by atoms with Gasteiger partial charge in [-0.15, -0.1) is 0 Å². The molecule has 1 aliphatic heterocycles. The maximum absolute atomic E-state index is 12.3. The Morgan fingerprint density at radius 1 is 1.50 bits per heavy atom. The second-order valence-electron chi connectivity index (χ2n) is 4.77. The number of unbranched alkanes of at least 4 members (excludes halogenated alkanes) is 1. The smallest absolute Gasteiger partial charge is 0.225 e. The van der Waals surface area contributed by atoms with Crippen LogP contribution in [0, 0.1) is 5.92 Å². The van der Waals surface area contributed by atoms with Gasteiger partial charge in [-0.05, 0) is 25.7 Å². The average Bonchev–Trinajstić information content (AvgIpc) is 2.29. The fourth-order valence-electron chi connectivity index (χ4n) is 2.34. The molecule has 0 aromatic rings. The van der Waals surface area contributed by atoms with E-state index in [1.54, 1.807) is 0 Å². The number of rotatable bonds is 5. The summed E-state index contributed by atoms with van der Waals surface area (Å²) in [6.45, 7) is 6.19. The van der Waals surface area contributed by atoms with Gasteiger partial charge in [-0.1, -0.05) is 42.6 Å². The predicted molar refractivity (Wildman–Crippen MR) is 71.8 cm³/mol. The first kappa shape index (κ1) is 14.0. The lowest BCUT2D eigenvalue weighted by Gasteiger charge is -2.32. The van der Waals surface area contributed by atoms with Gasteiger partial charge >= 0.3 is 0 Å². The Morgan fingerprint density at radius 2 is 2.25 bits per heavy atom. The van der Waals surface area contributed by atoms with Crippen LogP contribution >= 0.6 is 15.9 Å². The van der Waals surface area contributed by atoms with Crippen LogP contribution < -0.4 is 0 Å². The summed E-state index contributed by atoms with van der Waals surface area (Å²) in [5.41, 5.74) is 0. The standard InChI is InChI=1S/C13H24BrNO/c1-3-5-7-11(4-2)13(16)15-9-6-8-12(14)10-15/h11-12H,3-10H2,1-2H3. The molecule has 0 bridgehead atoms. The van der Waals surface area contributed by atoms with Crippen molar-refractivity contribution in [2.75, 3.05) is 13.1 Å². The zero-order valence-electron chi connectivity index (χ0n) is 10.5. The molecular formula is C13H24BrNO. The van der Waals surface area contributed by atoms with Crippen LogP contribution in [0.2, 0.25) is 0 Å². The fourth-order valence-corrected chi connectivity index (χ4v) is 3.01.